The number of carboxylic acid groups (broad SMARTS) is 1. The lowest BCUT2D eigenvalue weighted by Gasteiger charge is -2.11. The van der Waals surface area contributed by atoms with Gasteiger partial charge in [-0.15, -0.1) is 0 Å². The summed E-state index contributed by atoms with van der Waals surface area (Å²) >= 11 is 0. The highest BCUT2D eigenvalue weighted by atomic mass is 16.4. The highest BCUT2D eigenvalue weighted by molar-refractivity contribution is 5.93. The largest absolute Gasteiger partial charge is 0.480 e. The van der Waals surface area contributed by atoms with Gasteiger partial charge in [-0.25, -0.2) is 9.97 Å². The molecule has 3 heterocycles. The van der Waals surface area contributed by atoms with Gasteiger partial charge < -0.3 is 19.4 Å². The van der Waals surface area contributed by atoms with Gasteiger partial charge in [-0.1, -0.05) is 0 Å². The van der Waals surface area contributed by atoms with E-state index in [0.29, 0.717) is 12.4 Å². The number of aromatic nitrogens is 3. The number of nitrogens with zero attached hydrogens (tertiary/aromatic N) is 3. The number of rotatable bonds is 5. The molecule has 0 radical (unpaired) electrons. The van der Waals surface area contributed by atoms with Crippen molar-refractivity contribution in [2.24, 2.45) is 0 Å². The lowest BCUT2D eigenvalue weighted by molar-refractivity contribution is -0.137. The number of hydrogen-bond donors (Lipinski definition) is 2. The van der Waals surface area contributed by atoms with Gasteiger partial charge >= 0.3 is 5.97 Å². The van der Waals surface area contributed by atoms with Crippen LogP contribution in [0.3, 0.4) is 0 Å². The zero-order valence-corrected chi connectivity index (χ0v) is 13.2. The zero-order valence-electron chi connectivity index (χ0n) is 13.2. The first-order valence-electron chi connectivity index (χ1n) is 7.31. The van der Waals surface area contributed by atoms with Crippen molar-refractivity contribution >= 4 is 22.8 Å². The van der Waals surface area contributed by atoms with E-state index in [9.17, 15) is 4.79 Å². The molecule has 0 aliphatic heterocycles. The highest BCUT2D eigenvalue weighted by Crippen LogP contribution is 2.29. The van der Waals surface area contributed by atoms with Gasteiger partial charge in [0, 0.05) is 5.69 Å². The molecule has 0 fully saturated rings. The number of nitrogens with one attached hydrogen (secondary N) is 1. The van der Waals surface area contributed by atoms with Gasteiger partial charge in [-0.3, -0.25) is 4.79 Å². The Morgan fingerprint density at radius 3 is 2.87 bits per heavy atom. The van der Waals surface area contributed by atoms with Crippen LogP contribution in [0.5, 0.6) is 0 Å². The summed E-state index contributed by atoms with van der Waals surface area (Å²) in [5, 5.41) is 12.9. The fraction of sp³-hybridized carbons (Fsp3) is 0.312. The van der Waals surface area contributed by atoms with Crippen LogP contribution >= 0.6 is 0 Å². The van der Waals surface area contributed by atoms with Crippen molar-refractivity contribution in [3.8, 4) is 0 Å². The predicted molar refractivity (Wildman–Crippen MR) is 85.5 cm³/mol. The Labute approximate surface area is 133 Å². The first kappa shape index (κ1) is 15.1. The minimum Gasteiger partial charge on any atom is -0.480 e. The summed E-state index contributed by atoms with van der Waals surface area (Å²) in [6.45, 7) is 6.13. The maximum absolute atomic E-state index is 11.1. The SMILES string of the molecule is Cc1c(C)n(Cc2ccco2)c2ncnc(N[C@H](C)C(=O)O)c12. The summed E-state index contributed by atoms with van der Waals surface area (Å²) in [5.74, 6) is 0.432. The Hall–Kier alpha value is -2.83. The molecule has 1 atom stereocenters. The van der Waals surface area contributed by atoms with Crippen LogP contribution < -0.4 is 5.32 Å². The van der Waals surface area contributed by atoms with Gasteiger partial charge in [0.05, 0.1) is 18.2 Å². The molecule has 0 spiro atoms. The third-order valence-corrected chi connectivity index (χ3v) is 4.02. The van der Waals surface area contributed by atoms with E-state index in [4.69, 9.17) is 9.52 Å². The van der Waals surface area contributed by atoms with Gasteiger partial charge in [-0.2, -0.15) is 0 Å². The molecule has 0 aromatic carbocycles. The minimum atomic E-state index is -0.929. The fourth-order valence-electron chi connectivity index (χ4n) is 2.60. The maximum atomic E-state index is 11.1. The van der Waals surface area contributed by atoms with Gasteiger partial charge in [0.15, 0.2) is 0 Å². The summed E-state index contributed by atoms with van der Waals surface area (Å²) in [4.78, 5) is 19.7. The molecule has 7 nitrogen and oxygen atoms in total. The van der Waals surface area contributed by atoms with E-state index in [1.807, 2.05) is 30.5 Å². The van der Waals surface area contributed by atoms with E-state index in [-0.39, 0.29) is 0 Å². The smallest absolute Gasteiger partial charge is 0.325 e. The van der Waals surface area contributed by atoms with Crippen LogP contribution in [-0.2, 0) is 11.3 Å². The molecular formula is C16H18N4O3. The molecule has 7 heteroatoms. The number of carbonyl (C=O) groups is 1. The lowest BCUT2D eigenvalue weighted by atomic mass is 10.2. The van der Waals surface area contributed by atoms with Crippen LogP contribution in [0.1, 0.15) is 23.9 Å². The molecule has 0 saturated carbocycles. The average molecular weight is 314 g/mol. The lowest BCUT2D eigenvalue weighted by Crippen LogP contribution is -2.26. The van der Waals surface area contributed by atoms with E-state index in [0.717, 1.165) is 28.1 Å². The third kappa shape index (κ3) is 2.65. The van der Waals surface area contributed by atoms with Crippen molar-refractivity contribution in [1.82, 2.24) is 14.5 Å². The summed E-state index contributed by atoms with van der Waals surface area (Å²) in [6, 6.07) is 3.02. The van der Waals surface area contributed by atoms with E-state index in [1.54, 1.807) is 13.2 Å². The molecule has 3 aromatic heterocycles. The summed E-state index contributed by atoms with van der Waals surface area (Å²) in [7, 11) is 0. The van der Waals surface area contributed by atoms with E-state index in [2.05, 4.69) is 15.3 Å². The molecule has 23 heavy (non-hydrogen) atoms. The standard InChI is InChI=1S/C16H18N4O3/c1-9-11(3)20(7-12-5-4-6-23-12)15-13(9)14(17-8-18-15)19-10(2)16(21)22/h4-6,8,10H,7H2,1-3H3,(H,21,22)(H,17,18,19)/t10-/m1/s1. The monoisotopic (exact) mass is 314 g/mol. The van der Waals surface area contributed by atoms with Gasteiger partial charge in [0.1, 0.15) is 29.6 Å². The Kier molecular flexibility index (Phi) is 3.77. The van der Waals surface area contributed by atoms with Gasteiger partial charge in [-0.05, 0) is 38.5 Å². The highest BCUT2D eigenvalue weighted by Gasteiger charge is 2.19. The molecular weight excluding hydrogens is 296 g/mol. The molecule has 0 aliphatic rings. The first-order chi connectivity index (χ1) is 11.0. The van der Waals surface area contributed by atoms with E-state index in [1.165, 1.54) is 6.33 Å². The normalized spacial score (nSPS) is 12.5. The molecule has 3 aromatic rings. The van der Waals surface area contributed by atoms with Crippen molar-refractivity contribution in [3.05, 3.63) is 41.7 Å². The third-order valence-electron chi connectivity index (χ3n) is 4.02. The molecule has 0 amide bonds. The number of carboxylic acids is 1. The molecule has 0 saturated heterocycles. The quantitative estimate of drug-likeness (QED) is 0.752. The number of aryl methyl sites for hydroxylation is 1. The van der Waals surface area contributed by atoms with E-state index < -0.39 is 12.0 Å². The topological polar surface area (TPSA) is 93.2 Å². The molecule has 120 valence electrons. The summed E-state index contributed by atoms with van der Waals surface area (Å²) in [6.07, 6.45) is 3.08. The van der Waals surface area contributed by atoms with Crippen LogP contribution in [0, 0.1) is 13.8 Å². The van der Waals surface area contributed by atoms with Crippen LogP contribution in [0.15, 0.2) is 29.1 Å². The Morgan fingerprint density at radius 1 is 1.43 bits per heavy atom. The number of anilines is 1. The fourth-order valence-corrected chi connectivity index (χ4v) is 2.60. The van der Waals surface area contributed by atoms with E-state index >= 15 is 0 Å². The van der Waals surface area contributed by atoms with Crippen molar-refractivity contribution in [2.75, 3.05) is 5.32 Å². The summed E-state index contributed by atoms with van der Waals surface area (Å²) < 4.78 is 7.46. The second-order valence-electron chi connectivity index (χ2n) is 5.50. The molecule has 3 rings (SSSR count). The average Bonchev–Trinajstić information content (AvgIpc) is 3.11. The van der Waals surface area contributed by atoms with Gasteiger partial charge in [0.25, 0.3) is 0 Å². The Morgan fingerprint density at radius 2 is 2.22 bits per heavy atom. The minimum absolute atomic E-state index is 0.531. The Balaban J connectivity index is 2.10. The predicted octanol–water partition coefficient (Wildman–Crippen LogP) is 2.57. The number of fused-ring (bicyclic) bond motifs is 1. The zero-order chi connectivity index (χ0) is 16.6. The molecule has 0 unspecified atom stereocenters. The summed E-state index contributed by atoms with van der Waals surface area (Å²) in [5.41, 5.74) is 2.82. The van der Waals surface area contributed by atoms with Gasteiger partial charge in [0.2, 0.25) is 0 Å². The Bertz CT molecular complexity index is 852. The molecule has 0 aliphatic carbocycles. The molecule has 2 N–H and O–H groups in total. The second-order valence-corrected chi connectivity index (χ2v) is 5.50. The molecule has 0 bridgehead atoms. The van der Waals surface area contributed by atoms with Crippen LogP contribution in [0.25, 0.3) is 11.0 Å². The van der Waals surface area contributed by atoms with Crippen molar-refractivity contribution in [1.29, 1.82) is 0 Å². The number of hydrogen-bond acceptors (Lipinski definition) is 5. The van der Waals surface area contributed by atoms with Crippen molar-refractivity contribution < 1.29 is 14.3 Å². The van der Waals surface area contributed by atoms with Crippen molar-refractivity contribution in [3.63, 3.8) is 0 Å². The number of aliphatic carboxylic acids is 1. The van der Waals surface area contributed by atoms with Crippen LogP contribution in [-0.4, -0.2) is 31.7 Å². The van der Waals surface area contributed by atoms with Crippen LogP contribution in [0.2, 0.25) is 0 Å². The first-order valence-corrected chi connectivity index (χ1v) is 7.31. The maximum Gasteiger partial charge on any atom is 0.325 e. The van der Waals surface area contributed by atoms with Crippen LogP contribution in [0.4, 0.5) is 5.82 Å². The second kappa shape index (κ2) is 5.75. The number of furan rings is 1. The van der Waals surface area contributed by atoms with Crippen molar-refractivity contribution in [2.45, 2.75) is 33.4 Å².